The normalized spacial score (nSPS) is 17.8. The zero-order chi connectivity index (χ0) is 18.7. The number of Topliss-reactive ketones (excluding diaryl/α,β-unsaturated/α-hetero) is 1. The van der Waals surface area contributed by atoms with Crippen molar-refractivity contribution in [1.82, 2.24) is 9.88 Å². The molecular weight excluding hydrogens is 332 g/mol. The van der Waals surface area contributed by atoms with Crippen LogP contribution in [0, 0.1) is 19.8 Å². The summed E-state index contributed by atoms with van der Waals surface area (Å²) in [6.07, 6.45) is 7.38. The number of esters is 1. The maximum atomic E-state index is 12.4. The number of rotatable bonds is 7. The number of aromatic nitrogens is 1. The van der Waals surface area contributed by atoms with Gasteiger partial charge in [0.2, 0.25) is 11.7 Å². The number of aryl methyl sites for hydroxylation is 1. The first kappa shape index (κ1) is 18.7. The molecule has 142 valence electrons. The molecule has 0 spiro atoms. The number of carbonyl (C=O) groups is 3. The van der Waals surface area contributed by atoms with E-state index < -0.39 is 5.97 Å². The molecule has 1 heterocycles. The number of nitrogens with one attached hydrogen (secondary N) is 1. The van der Waals surface area contributed by atoms with Gasteiger partial charge in [0.15, 0.2) is 6.61 Å². The molecule has 1 amide bonds. The number of nitrogens with zero attached hydrogens (tertiary/aromatic N) is 1. The van der Waals surface area contributed by atoms with Crippen molar-refractivity contribution in [1.29, 1.82) is 0 Å². The second-order valence-corrected chi connectivity index (χ2v) is 7.52. The molecule has 1 aromatic rings. The topological polar surface area (TPSA) is 77.4 Å². The van der Waals surface area contributed by atoms with Crippen molar-refractivity contribution < 1.29 is 19.1 Å². The van der Waals surface area contributed by atoms with Crippen molar-refractivity contribution in [2.45, 2.75) is 64.8 Å². The highest BCUT2D eigenvalue weighted by Gasteiger charge is 2.28. The third-order valence-electron chi connectivity index (χ3n) is 5.44. The Bertz CT molecular complexity index is 697. The summed E-state index contributed by atoms with van der Waals surface area (Å²) in [6.45, 7) is 3.47. The van der Waals surface area contributed by atoms with Crippen LogP contribution in [0.25, 0.3) is 0 Å². The van der Waals surface area contributed by atoms with Crippen LogP contribution in [0.2, 0.25) is 0 Å². The molecule has 2 fully saturated rings. The minimum Gasteiger partial charge on any atom is -0.456 e. The lowest BCUT2D eigenvalue weighted by Gasteiger charge is -2.20. The lowest BCUT2D eigenvalue weighted by molar-refractivity contribution is -0.143. The molecule has 6 heteroatoms. The van der Waals surface area contributed by atoms with Gasteiger partial charge in [-0.1, -0.05) is 19.3 Å². The van der Waals surface area contributed by atoms with Crippen LogP contribution in [0.15, 0.2) is 6.07 Å². The second-order valence-electron chi connectivity index (χ2n) is 7.52. The first-order chi connectivity index (χ1) is 12.5. The van der Waals surface area contributed by atoms with E-state index in [1.165, 1.54) is 6.42 Å². The molecule has 2 aliphatic rings. The Balaban J connectivity index is 1.45. The Morgan fingerprint density at radius 1 is 1.12 bits per heavy atom. The van der Waals surface area contributed by atoms with Crippen LogP contribution in [0.4, 0.5) is 0 Å². The van der Waals surface area contributed by atoms with Gasteiger partial charge in [0, 0.05) is 28.9 Å². The minimum atomic E-state index is -0.571. The average Bonchev–Trinajstić information content (AvgIpc) is 3.43. The molecule has 2 aliphatic carbocycles. The van der Waals surface area contributed by atoms with Gasteiger partial charge in [0.1, 0.15) is 6.54 Å². The van der Waals surface area contributed by atoms with E-state index in [2.05, 4.69) is 9.88 Å². The molecular formula is C20H28N2O4. The number of hydrogen-bond donors (Lipinski definition) is 1. The Morgan fingerprint density at radius 2 is 1.81 bits per heavy atom. The third kappa shape index (κ3) is 4.34. The lowest BCUT2D eigenvalue weighted by atomic mass is 9.89. The summed E-state index contributed by atoms with van der Waals surface area (Å²) < 4.78 is 7.26. The van der Waals surface area contributed by atoms with E-state index in [4.69, 9.17) is 4.74 Å². The van der Waals surface area contributed by atoms with Gasteiger partial charge in [0.05, 0.1) is 0 Å². The Hall–Kier alpha value is -2.11. The van der Waals surface area contributed by atoms with Crippen LogP contribution in [0.1, 0.15) is 72.7 Å². The predicted molar refractivity (Wildman–Crippen MR) is 97.1 cm³/mol. The van der Waals surface area contributed by atoms with Crippen LogP contribution in [0.3, 0.4) is 0 Å². The molecule has 0 unspecified atom stereocenters. The van der Waals surface area contributed by atoms with E-state index in [9.17, 15) is 14.4 Å². The van der Waals surface area contributed by atoms with E-state index in [0.717, 1.165) is 49.9 Å². The highest BCUT2D eigenvalue weighted by molar-refractivity contribution is 5.99. The number of carbonyl (C=O) groups excluding carboxylic acids is 3. The molecule has 1 N–H and O–H groups in total. The van der Waals surface area contributed by atoms with Crippen LogP contribution < -0.4 is 5.32 Å². The summed E-state index contributed by atoms with van der Waals surface area (Å²) in [6, 6.07) is 2.38. The molecule has 0 saturated heterocycles. The molecule has 1 aromatic heterocycles. The zero-order valence-corrected chi connectivity index (χ0v) is 15.7. The largest absolute Gasteiger partial charge is 0.456 e. The van der Waals surface area contributed by atoms with Crippen molar-refractivity contribution in [3.05, 3.63) is 23.0 Å². The van der Waals surface area contributed by atoms with Gasteiger partial charge in [-0.2, -0.15) is 0 Å². The monoisotopic (exact) mass is 360 g/mol. The van der Waals surface area contributed by atoms with Crippen LogP contribution in [-0.4, -0.2) is 35.4 Å². The summed E-state index contributed by atoms with van der Waals surface area (Å²) in [7, 11) is 0. The van der Waals surface area contributed by atoms with Gasteiger partial charge < -0.3 is 14.6 Å². The zero-order valence-electron chi connectivity index (χ0n) is 15.7. The van der Waals surface area contributed by atoms with Crippen molar-refractivity contribution >= 4 is 17.7 Å². The van der Waals surface area contributed by atoms with Crippen LogP contribution >= 0.6 is 0 Å². The fourth-order valence-electron chi connectivity index (χ4n) is 3.90. The second kappa shape index (κ2) is 8.06. The smallest absolute Gasteiger partial charge is 0.325 e. The SMILES string of the molecule is Cc1cc(C(=O)COC(=O)CNC(=O)C2CCCCC2)c(C)n1C1CC1. The van der Waals surface area contributed by atoms with Gasteiger partial charge >= 0.3 is 5.97 Å². The number of amides is 1. The molecule has 0 bridgehead atoms. The van der Waals surface area contributed by atoms with Gasteiger partial charge in [-0.15, -0.1) is 0 Å². The maximum absolute atomic E-state index is 12.4. The molecule has 0 aliphatic heterocycles. The summed E-state index contributed by atoms with van der Waals surface area (Å²) in [5, 5.41) is 2.63. The molecule has 2 saturated carbocycles. The standard InChI is InChI=1S/C20H28N2O4/c1-13-10-17(14(2)22(13)16-8-9-16)18(23)12-26-19(24)11-21-20(25)15-6-4-3-5-7-15/h10,15-16H,3-9,11-12H2,1-2H3,(H,21,25). The van der Waals surface area contributed by atoms with Gasteiger partial charge in [-0.3, -0.25) is 14.4 Å². The van der Waals surface area contributed by atoms with Crippen LogP contribution in [0.5, 0.6) is 0 Å². The summed E-state index contributed by atoms with van der Waals surface area (Å²) >= 11 is 0. The van der Waals surface area contributed by atoms with E-state index in [1.54, 1.807) is 0 Å². The van der Waals surface area contributed by atoms with Gasteiger partial charge in [-0.25, -0.2) is 0 Å². The number of hydrogen-bond acceptors (Lipinski definition) is 4. The fraction of sp³-hybridized carbons (Fsp3) is 0.650. The highest BCUT2D eigenvalue weighted by atomic mass is 16.5. The summed E-state index contributed by atoms with van der Waals surface area (Å²) in [5.41, 5.74) is 2.63. The number of ketones is 1. The molecule has 26 heavy (non-hydrogen) atoms. The lowest BCUT2D eigenvalue weighted by Crippen LogP contribution is -2.36. The molecule has 0 aromatic carbocycles. The Labute approximate surface area is 154 Å². The minimum absolute atomic E-state index is 0.00555. The third-order valence-corrected chi connectivity index (χ3v) is 5.44. The van der Waals surface area contributed by atoms with Crippen molar-refractivity contribution in [3.8, 4) is 0 Å². The molecule has 3 rings (SSSR count). The Morgan fingerprint density at radius 3 is 2.46 bits per heavy atom. The Kier molecular flexibility index (Phi) is 5.79. The van der Waals surface area contributed by atoms with E-state index >= 15 is 0 Å². The van der Waals surface area contributed by atoms with E-state index in [-0.39, 0.29) is 30.8 Å². The summed E-state index contributed by atoms with van der Waals surface area (Å²) in [4.78, 5) is 36.3. The quantitative estimate of drug-likeness (QED) is 0.599. The van der Waals surface area contributed by atoms with Gasteiger partial charge in [-0.05, 0) is 45.6 Å². The maximum Gasteiger partial charge on any atom is 0.325 e. The first-order valence-corrected chi connectivity index (χ1v) is 9.62. The fourth-order valence-corrected chi connectivity index (χ4v) is 3.90. The highest BCUT2D eigenvalue weighted by Crippen LogP contribution is 2.38. The van der Waals surface area contributed by atoms with Crippen molar-refractivity contribution in [2.24, 2.45) is 5.92 Å². The van der Waals surface area contributed by atoms with E-state index in [1.807, 2.05) is 19.9 Å². The molecule has 0 atom stereocenters. The first-order valence-electron chi connectivity index (χ1n) is 9.62. The number of ether oxygens (including phenoxy) is 1. The van der Waals surface area contributed by atoms with Crippen molar-refractivity contribution in [2.75, 3.05) is 13.2 Å². The van der Waals surface area contributed by atoms with Crippen molar-refractivity contribution in [3.63, 3.8) is 0 Å². The summed E-state index contributed by atoms with van der Waals surface area (Å²) in [5.74, 6) is -0.845. The van der Waals surface area contributed by atoms with Crippen LogP contribution in [-0.2, 0) is 14.3 Å². The molecule has 6 nitrogen and oxygen atoms in total. The van der Waals surface area contributed by atoms with Gasteiger partial charge in [0.25, 0.3) is 0 Å². The predicted octanol–water partition coefficient (Wildman–Crippen LogP) is 2.86. The molecule has 0 radical (unpaired) electrons. The van der Waals surface area contributed by atoms with E-state index in [0.29, 0.717) is 11.6 Å². The average molecular weight is 360 g/mol.